The Labute approximate surface area is 159 Å². The van der Waals surface area contributed by atoms with E-state index in [2.05, 4.69) is 26.0 Å². The summed E-state index contributed by atoms with van der Waals surface area (Å²) in [4.78, 5) is 34.5. The van der Waals surface area contributed by atoms with Crippen LogP contribution in [0.2, 0.25) is 0 Å². The van der Waals surface area contributed by atoms with E-state index in [0.29, 0.717) is 4.47 Å². The van der Waals surface area contributed by atoms with Gasteiger partial charge in [-0.2, -0.15) is 0 Å². The zero-order chi connectivity index (χ0) is 20.1. The number of amides is 1. The van der Waals surface area contributed by atoms with Crippen molar-refractivity contribution in [3.63, 3.8) is 0 Å². The van der Waals surface area contributed by atoms with Crippen molar-refractivity contribution in [1.82, 2.24) is 5.32 Å². The molecule has 0 aliphatic rings. The van der Waals surface area contributed by atoms with Crippen LogP contribution in [0.4, 0.5) is 10.5 Å². The summed E-state index contributed by atoms with van der Waals surface area (Å²) >= 11 is 3.15. The lowest BCUT2D eigenvalue weighted by Gasteiger charge is -2.26. The lowest BCUT2D eigenvalue weighted by Crippen LogP contribution is -2.51. The summed E-state index contributed by atoms with van der Waals surface area (Å²) in [6.07, 6.45) is -1.80. The van der Waals surface area contributed by atoms with Crippen molar-refractivity contribution in [3.05, 3.63) is 32.8 Å². The summed E-state index contributed by atoms with van der Waals surface area (Å²) < 4.78 is 15.8. The fourth-order valence-corrected chi connectivity index (χ4v) is 2.28. The summed E-state index contributed by atoms with van der Waals surface area (Å²) in [7, 11) is 1.15. The van der Waals surface area contributed by atoms with Crippen molar-refractivity contribution in [2.24, 2.45) is 0 Å². The average molecular weight is 433 g/mol. The third-order valence-corrected chi connectivity index (χ3v) is 3.52. The molecule has 1 aromatic carbocycles. The van der Waals surface area contributed by atoms with Gasteiger partial charge in [0.05, 0.1) is 12.0 Å². The minimum atomic E-state index is -1.22. The third kappa shape index (κ3) is 6.51. The largest absolute Gasteiger partial charge is 0.481 e. The van der Waals surface area contributed by atoms with Crippen molar-refractivity contribution in [1.29, 1.82) is 0 Å². The van der Waals surface area contributed by atoms with Gasteiger partial charge in [-0.15, -0.1) is 0 Å². The lowest BCUT2D eigenvalue weighted by atomic mass is 10.1. The van der Waals surface area contributed by atoms with Gasteiger partial charge in [-0.05, 0) is 39.8 Å². The van der Waals surface area contributed by atoms with Gasteiger partial charge in [-0.25, -0.2) is 9.59 Å². The fraction of sp³-hybridized carbons (Fsp3) is 0.500. The van der Waals surface area contributed by atoms with Crippen LogP contribution in [0.15, 0.2) is 22.7 Å². The molecule has 26 heavy (non-hydrogen) atoms. The van der Waals surface area contributed by atoms with Crippen LogP contribution in [-0.4, -0.2) is 41.8 Å². The highest BCUT2D eigenvalue weighted by atomic mass is 79.9. The van der Waals surface area contributed by atoms with Gasteiger partial charge in [-0.1, -0.05) is 15.9 Å². The fourth-order valence-electron chi connectivity index (χ4n) is 1.93. The Morgan fingerprint density at radius 1 is 1.31 bits per heavy atom. The Hall–Kier alpha value is -2.36. The molecule has 0 unspecified atom stereocenters. The minimum absolute atomic E-state index is 0.0504. The van der Waals surface area contributed by atoms with E-state index in [1.54, 1.807) is 26.8 Å². The number of hydrogen-bond donors (Lipinski definition) is 1. The number of nitrogens with zero attached hydrogens (tertiary/aromatic N) is 1. The normalized spacial score (nSPS) is 13.3. The maximum atomic E-state index is 12.0. The molecular weight excluding hydrogens is 412 g/mol. The van der Waals surface area contributed by atoms with Gasteiger partial charge in [0.25, 0.3) is 0 Å². The molecular formula is C16H21BrN2O7. The molecule has 0 fully saturated rings. The number of esters is 1. The molecule has 0 bridgehead atoms. The third-order valence-electron chi connectivity index (χ3n) is 3.03. The average Bonchev–Trinajstić information content (AvgIpc) is 2.51. The van der Waals surface area contributed by atoms with E-state index in [-0.39, 0.29) is 11.4 Å². The number of nitro benzene ring substituents is 1. The van der Waals surface area contributed by atoms with Gasteiger partial charge >= 0.3 is 17.7 Å². The molecule has 1 aromatic rings. The maximum Gasteiger partial charge on any atom is 0.408 e. The molecule has 0 spiro atoms. The first-order valence-electron chi connectivity index (χ1n) is 7.62. The zero-order valence-corrected chi connectivity index (χ0v) is 16.7. The standard InChI is InChI=1S/C16H21BrN2O7/c1-9(25-12-7-6-10(17)8-11(12)19(22)23)13(14(20)24-5)18-15(21)26-16(2,3)4/h6-9,13H,1-5H3,(H,18,21)/t9-,13+/m1/s1. The van der Waals surface area contributed by atoms with Gasteiger partial charge in [0, 0.05) is 10.5 Å². The number of hydrogen-bond acceptors (Lipinski definition) is 7. The number of benzene rings is 1. The second kappa shape index (κ2) is 8.84. The predicted molar refractivity (Wildman–Crippen MR) is 96.1 cm³/mol. The van der Waals surface area contributed by atoms with E-state index in [4.69, 9.17) is 9.47 Å². The van der Waals surface area contributed by atoms with E-state index < -0.39 is 34.7 Å². The van der Waals surface area contributed by atoms with E-state index in [1.165, 1.54) is 19.1 Å². The van der Waals surface area contributed by atoms with Crippen molar-refractivity contribution in [2.75, 3.05) is 7.11 Å². The molecule has 1 rings (SSSR count). The van der Waals surface area contributed by atoms with E-state index >= 15 is 0 Å². The first-order valence-corrected chi connectivity index (χ1v) is 8.42. The molecule has 0 saturated carbocycles. The highest BCUT2D eigenvalue weighted by molar-refractivity contribution is 9.10. The smallest absolute Gasteiger partial charge is 0.408 e. The Kier molecular flexibility index (Phi) is 7.37. The molecule has 9 nitrogen and oxygen atoms in total. The topological polar surface area (TPSA) is 117 Å². The van der Waals surface area contributed by atoms with Crippen LogP contribution in [0.3, 0.4) is 0 Å². The second-order valence-corrected chi connectivity index (χ2v) is 7.25. The number of rotatable bonds is 6. The Balaban J connectivity index is 3.01. The van der Waals surface area contributed by atoms with Crippen molar-refractivity contribution in [3.8, 4) is 5.75 Å². The van der Waals surface area contributed by atoms with Crippen LogP contribution in [-0.2, 0) is 14.3 Å². The Morgan fingerprint density at radius 2 is 1.92 bits per heavy atom. The first kappa shape index (κ1) is 21.7. The molecule has 0 radical (unpaired) electrons. The summed E-state index contributed by atoms with van der Waals surface area (Å²) in [5, 5.41) is 13.5. The van der Waals surface area contributed by atoms with Crippen molar-refractivity contribution >= 4 is 33.7 Å². The van der Waals surface area contributed by atoms with E-state index in [0.717, 1.165) is 7.11 Å². The van der Waals surface area contributed by atoms with Gasteiger partial charge in [0.1, 0.15) is 11.7 Å². The van der Waals surface area contributed by atoms with Crippen LogP contribution >= 0.6 is 15.9 Å². The monoisotopic (exact) mass is 432 g/mol. The number of ether oxygens (including phenoxy) is 3. The molecule has 10 heteroatoms. The molecule has 0 aliphatic heterocycles. The predicted octanol–water partition coefficient (Wildman–Crippen LogP) is 3.19. The number of carbonyl (C=O) groups excluding carboxylic acids is 2. The number of methoxy groups -OCH3 is 1. The van der Waals surface area contributed by atoms with Crippen molar-refractivity contribution in [2.45, 2.75) is 45.4 Å². The summed E-state index contributed by atoms with van der Waals surface area (Å²) in [6.45, 7) is 6.49. The van der Waals surface area contributed by atoms with Crippen LogP contribution < -0.4 is 10.1 Å². The molecule has 1 amide bonds. The highest BCUT2D eigenvalue weighted by Crippen LogP contribution is 2.31. The number of nitrogens with one attached hydrogen (secondary N) is 1. The van der Waals surface area contributed by atoms with Crippen LogP contribution in [0.25, 0.3) is 0 Å². The SMILES string of the molecule is COC(=O)[C@@H](NC(=O)OC(C)(C)C)[C@@H](C)Oc1ccc(Br)cc1[N+](=O)[O-]. The number of alkyl carbamates (subject to hydrolysis) is 1. The zero-order valence-electron chi connectivity index (χ0n) is 15.1. The molecule has 0 saturated heterocycles. The van der Waals surface area contributed by atoms with Crippen LogP contribution in [0.1, 0.15) is 27.7 Å². The van der Waals surface area contributed by atoms with Gasteiger partial charge in [-0.3, -0.25) is 10.1 Å². The molecule has 0 aliphatic carbocycles. The Bertz CT molecular complexity index is 688. The van der Waals surface area contributed by atoms with E-state index in [1.807, 2.05) is 0 Å². The Morgan fingerprint density at radius 3 is 2.42 bits per heavy atom. The van der Waals surface area contributed by atoms with Crippen molar-refractivity contribution < 1.29 is 28.7 Å². The van der Waals surface area contributed by atoms with Gasteiger partial charge in [0.2, 0.25) is 0 Å². The van der Waals surface area contributed by atoms with Gasteiger partial charge < -0.3 is 19.5 Å². The van der Waals surface area contributed by atoms with Crippen LogP contribution in [0, 0.1) is 10.1 Å². The first-order chi connectivity index (χ1) is 11.9. The molecule has 0 aromatic heterocycles. The molecule has 1 N–H and O–H groups in total. The summed E-state index contributed by atoms with van der Waals surface area (Å²) in [5.74, 6) is -0.825. The molecule has 0 heterocycles. The lowest BCUT2D eigenvalue weighted by molar-refractivity contribution is -0.386. The quantitative estimate of drug-likeness (QED) is 0.416. The summed E-state index contributed by atoms with van der Waals surface area (Å²) in [6, 6.07) is 3.00. The van der Waals surface area contributed by atoms with Crippen LogP contribution in [0.5, 0.6) is 5.75 Å². The highest BCUT2D eigenvalue weighted by Gasteiger charge is 2.32. The summed E-state index contributed by atoms with van der Waals surface area (Å²) in [5.41, 5.74) is -1.05. The second-order valence-electron chi connectivity index (χ2n) is 6.34. The maximum absolute atomic E-state index is 12.0. The number of halogens is 1. The number of nitro groups is 1. The number of carbonyl (C=O) groups is 2. The molecule has 144 valence electrons. The minimum Gasteiger partial charge on any atom is -0.481 e. The molecule has 2 atom stereocenters. The van der Waals surface area contributed by atoms with Gasteiger partial charge in [0.15, 0.2) is 11.8 Å². The van der Waals surface area contributed by atoms with E-state index in [9.17, 15) is 19.7 Å².